The molecule has 1 saturated heterocycles. The standard InChI is InChI=1S/C22H25N3O6S/c1-16(26)31-20-6-3-5-18(15-20)22(28)25-12-4-11-24(13-14-25)21(27)17-7-9-19(10-8-17)23-32(2,29)30/h3,5-10,15,23H,4,11-14H2,1-2H3. The van der Waals surface area contributed by atoms with E-state index >= 15 is 0 Å². The van der Waals surface area contributed by atoms with Crippen LogP contribution in [0.2, 0.25) is 0 Å². The Morgan fingerprint density at radius 3 is 2.03 bits per heavy atom. The molecule has 1 aliphatic heterocycles. The first kappa shape index (κ1) is 23.3. The number of anilines is 1. The summed E-state index contributed by atoms with van der Waals surface area (Å²) in [6, 6.07) is 12.7. The summed E-state index contributed by atoms with van der Waals surface area (Å²) >= 11 is 0. The van der Waals surface area contributed by atoms with Gasteiger partial charge in [0.15, 0.2) is 0 Å². The number of sulfonamides is 1. The zero-order valence-electron chi connectivity index (χ0n) is 17.9. The van der Waals surface area contributed by atoms with Crippen LogP contribution < -0.4 is 9.46 Å². The van der Waals surface area contributed by atoms with E-state index in [-0.39, 0.29) is 11.8 Å². The second-order valence-corrected chi connectivity index (χ2v) is 9.26. The number of hydrogen-bond acceptors (Lipinski definition) is 6. The van der Waals surface area contributed by atoms with Crippen LogP contribution in [0.3, 0.4) is 0 Å². The van der Waals surface area contributed by atoms with Crippen molar-refractivity contribution in [3.63, 3.8) is 0 Å². The van der Waals surface area contributed by atoms with Crippen LogP contribution in [-0.2, 0) is 14.8 Å². The molecule has 1 fully saturated rings. The molecule has 0 radical (unpaired) electrons. The zero-order valence-corrected chi connectivity index (χ0v) is 18.7. The van der Waals surface area contributed by atoms with Crippen molar-refractivity contribution in [2.75, 3.05) is 37.2 Å². The lowest BCUT2D eigenvalue weighted by molar-refractivity contribution is -0.131. The number of carbonyl (C=O) groups is 3. The fourth-order valence-electron chi connectivity index (χ4n) is 3.44. The van der Waals surface area contributed by atoms with Gasteiger partial charge in [-0.15, -0.1) is 0 Å². The van der Waals surface area contributed by atoms with Gasteiger partial charge in [0.2, 0.25) is 10.0 Å². The Bertz CT molecular complexity index is 1110. The predicted molar refractivity (Wildman–Crippen MR) is 119 cm³/mol. The van der Waals surface area contributed by atoms with Gasteiger partial charge in [-0.05, 0) is 48.9 Å². The molecule has 0 bridgehead atoms. The molecule has 0 atom stereocenters. The van der Waals surface area contributed by atoms with E-state index in [9.17, 15) is 22.8 Å². The maximum atomic E-state index is 12.9. The number of carbonyl (C=O) groups excluding carboxylic acids is 3. The summed E-state index contributed by atoms with van der Waals surface area (Å²) in [5.41, 5.74) is 1.24. The van der Waals surface area contributed by atoms with Crippen LogP contribution in [0.4, 0.5) is 5.69 Å². The third kappa shape index (κ3) is 6.30. The van der Waals surface area contributed by atoms with Gasteiger partial charge in [0.1, 0.15) is 5.75 Å². The average Bonchev–Trinajstić information content (AvgIpc) is 2.98. The molecule has 170 valence electrons. The molecule has 2 aromatic rings. The smallest absolute Gasteiger partial charge is 0.308 e. The fourth-order valence-corrected chi connectivity index (χ4v) is 4.01. The zero-order chi connectivity index (χ0) is 23.3. The summed E-state index contributed by atoms with van der Waals surface area (Å²) < 4.78 is 30.0. The molecule has 10 heteroatoms. The summed E-state index contributed by atoms with van der Waals surface area (Å²) in [5, 5.41) is 0. The van der Waals surface area contributed by atoms with E-state index in [0.717, 1.165) is 6.26 Å². The van der Waals surface area contributed by atoms with Crippen LogP contribution in [0.1, 0.15) is 34.1 Å². The minimum Gasteiger partial charge on any atom is -0.427 e. The van der Waals surface area contributed by atoms with Gasteiger partial charge in [-0.3, -0.25) is 19.1 Å². The summed E-state index contributed by atoms with van der Waals surface area (Å²) in [6.07, 6.45) is 1.68. The third-order valence-corrected chi connectivity index (χ3v) is 5.45. The largest absolute Gasteiger partial charge is 0.427 e. The predicted octanol–water partition coefficient (Wildman–Crippen LogP) is 1.97. The number of hydrogen-bond donors (Lipinski definition) is 1. The maximum absolute atomic E-state index is 12.9. The Morgan fingerprint density at radius 1 is 0.875 bits per heavy atom. The molecule has 0 aliphatic carbocycles. The molecule has 2 amide bonds. The fraction of sp³-hybridized carbons (Fsp3) is 0.318. The number of nitrogens with zero attached hydrogens (tertiary/aromatic N) is 2. The Balaban J connectivity index is 1.64. The number of ether oxygens (including phenoxy) is 1. The van der Waals surface area contributed by atoms with E-state index in [1.54, 1.807) is 40.1 Å². The van der Waals surface area contributed by atoms with Gasteiger partial charge in [0.05, 0.1) is 6.26 Å². The molecule has 3 rings (SSSR count). The van der Waals surface area contributed by atoms with Crippen molar-refractivity contribution in [2.45, 2.75) is 13.3 Å². The number of esters is 1. The topological polar surface area (TPSA) is 113 Å². The van der Waals surface area contributed by atoms with E-state index in [4.69, 9.17) is 4.74 Å². The Hall–Kier alpha value is -3.40. The lowest BCUT2D eigenvalue weighted by Crippen LogP contribution is -2.37. The first-order valence-corrected chi connectivity index (χ1v) is 12.0. The summed E-state index contributed by atoms with van der Waals surface area (Å²) in [7, 11) is -3.39. The van der Waals surface area contributed by atoms with E-state index in [1.807, 2.05) is 0 Å². The Kier molecular flexibility index (Phi) is 7.14. The maximum Gasteiger partial charge on any atom is 0.308 e. The minimum absolute atomic E-state index is 0.179. The van der Waals surface area contributed by atoms with Crippen LogP contribution in [0.5, 0.6) is 5.75 Å². The van der Waals surface area contributed by atoms with Gasteiger partial charge in [-0.2, -0.15) is 0 Å². The molecule has 1 heterocycles. The highest BCUT2D eigenvalue weighted by Crippen LogP contribution is 2.18. The SMILES string of the molecule is CC(=O)Oc1cccc(C(=O)N2CCCN(C(=O)c3ccc(NS(C)(=O)=O)cc3)CC2)c1. The van der Waals surface area contributed by atoms with Crippen LogP contribution in [0.25, 0.3) is 0 Å². The molecule has 1 aliphatic rings. The minimum atomic E-state index is -3.39. The molecular weight excluding hydrogens is 434 g/mol. The van der Waals surface area contributed by atoms with E-state index < -0.39 is 16.0 Å². The lowest BCUT2D eigenvalue weighted by atomic mass is 10.2. The molecule has 2 aromatic carbocycles. The van der Waals surface area contributed by atoms with Crippen molar-refractivity contribution in [3.8, 4) is 5.75 Å². The molecule has 32 heavy (non-hydrogen) atoms. The van der Waals surface area contributed by atoms with Crippen molar-refractivity contribution in [1.29, 1.82) is 0 Å². The molecule has 0 saturated carbocycles. The van der Waals surface area contributed by atoms with Crippen molar-refractivity contribution in [2.24, 2.45) is 0 Å². The van der Waals surface area contributed by atoms with Crippen LogP contribution in [0.15, 0.2) is 48.5 Å². The first-order valence-electron chi connectivity index (χ1n) is 10.1. The molecule has 0 spiro atoms. The van der Waals surface area contributed by atoms with E-state index in [2.05, 4.69) is 4.72 Å². The Labute approximate surface area is 187 Å². The highest BCUT2D eigenvalue weighted by atomic mass is 32.2. The van der Waals surface area contributed by atoms with Crippen molar-refractivity contribution >= 4 is 33.5 Å². The lowest BCUT2D eigenvalue weighted by Gasteiger charge is -2.22. The summed E-state index contributed by atoms with van der Waals surface area (Å²) in [5.74, 6) is -0.519. The van der Waals surface area contributed by atoms with E-state index in [0.29, 0.717) is 55.2 Å². The third-order valence-electron chi connectivity index (χ3n) is 4.85. The van der Waals surface area contributed by atoms with Gasteiger partial charge in [0.25, 0.3) is 11.8 Å². The first-order chi connectivity index (χ1) is 15.1. The quantitative estimate of drug-likeness (QED) is 0.540. The summed E-state index contributed by atoms with van der Waals surface area (Å²) in [4.78, 5) is 40.3. The van der Waals surface area contributed by atoms with Crippen LogP contribution >= 0.6 is 0 Å². The number of amides is 2. The normalized spacial score (nSPS) is 14.4. The van der Waals surface area contributed by atoms with Crippen molar-refractivity contribution in [3.05, 3.63) is 59.7 Å². The number of nitrogens with one attached hydrogen (secondary N) is 1. The molecule has 9 nitrogen and oxygen atoms in total. The van der Waals surface area contributed by atoms with Crippen molar-refractivity contribution in [1.82, 2.24) is 9.80 Å². The monoisotopic (exact) mass is 459 g/mol. The molecule has 0 unspecified atom stereocenters. The van der Waals surface area contributed by atoms with Gasteiger partial charge in [-0.1, -0.05) is 6.07 Å². The Morgan fingerprint density at radius 2 is 1.47 bits per heavy atom. The molecule has 1 N–H and O–H groups in total. The highest BCUT2D eigenvalue weighted by molar-refractivity contribution is 7.92. The summed E-state index contributed by atoms with van der Waals surface area (Å²) in [6.45, 7) is 3.04. The van der Waals surface area contributed by atoms with Gasteiger partial charge >= 0.3 is 5.97 Å². The number of benzene rings is 2. The second kappa shape index (κ2) is 9.82. The van der Waals surface area contributed by atoms with Gasteiger partial charge in [-0.25, -0.2) is 8.42 Å². The van der Waals surface area contributed by atoms with Gasteiger partial charge in [0, 0.05) is 49.9 Å². The second-order valence-electron chi connectivity index (χ2n) is 7.51. The molecule has 0 aromatic heterocycles. The van der Waals surface area contributed by atoms with Gasteiger partial charge < -0.3 is 14.5 Å². The highest BCUT2D eigenvalue weighted by Gasteiger charge is 2.24. The van der Waals surface area contributed by atoms with E-state index in [1.165, 1.54) is 25.1 Å². The van der Waals surface area contributed by atoms with Crippen LogP contribution in [-0.4, -0.2) is 68.4 Å². The average molecular weight is 460 g/mol. The number of rotatable bonds is 5. The van der Waals surface area contributed by atoms with Crippen molar-refractivity contribution < 1.29 is 27.5 Å². The molecular formula is C22H25N3O6S. The van der Waals surface area contributed by atoms with Crippen LogP contribution in [0, 0.1) is 0 Å².